The molecular formula is C13H11ClN4OS2. The standard InChI is InChI=1S/C13H11ClN4OS2/c1-7(2)19-11-16-10(14)17-12(18-11)21-13-15-8-5-3-4-6-9(8)20-13/h3-7H,1-2H3. The molecule has 21 heavy (non-hydrogen) atoms. The van der Waals surface area contributed by atoms with Crippen molar-refractivity contribution in [2.24, 2.45) is 0 Å². The summed E-state index contributed by atoms with van der Waals surface area (Å²) in [5, 5.41) is 0.592. The molecule has 0 atom stereocenters. The Hall–Kier alpha value is -1.44. The molecule has 0 fully saturated rings. The van der Waals surface area contributed by atoms with Crippen LogP contribution in [0, 0.1) is 0 Å². The van der Waals surface area contributed by atoms with Crippen LogP contribution in [0.15, 0.2) is 33.8 Å². The van der Waals surface area contributed by atoms with Crippen molar-refractivity contribution in [1.29, 1.82) is 0 Å². The smallest absolute Gasteiger partial charge is 0.322 e. The second-order valence-electron chi connectivity index (χ2n) is 4.39. The van der Waals surface area contributed by atoms with Crippen LogP contribution in [0.4, 0.5) is 0 Å². The molecule has 0 spiro atoms. The molecule has 0 aliphatic carbocycles. The molecule has 0 unspecified atom stereocenters. The van der Waals surface area contributed by atoms with Gasteiger partial charge < -0.3 is 4.74 Å². The number of para-hydroxylation sites is 1. The fourth-order valence-electron chi connectivity index (χ4n) is 1.60. The number of rotatable bonds is 4. The van der Waals surface area contributed by atoms with E-state index < -0.39 is 0 Å². The first-order valence-electron chi connectivity index (χ1n) is 6.22. The summed E-state index contributed by atoms with van der Waals surface area (Å²) in [5.41, 5.74) is 0.962. The third kappa shape index (κ3) is 3.61. The molecular weight excluding hydrogens is 328 g/mol. The van der Waals surface area contributed by atoms with E-state index in [1.165, 1.54) is 11.8 Å². The number of hydrogen-bond acceptors (Lipinski definition) is 7. The molecule has 2 aromatic heterocycles. The van der Waals surface area contributed by atoms with Crippen LogP contribution in [0.5, 0.6) is 6.01 Å². The molecule has 0 amide bonds. The molecule has 0 aliphatic heterocycles. The molecule has 108 valence electrons. The number of fused-ring (bicyclic) bond motifs is 1. The lowest BCUT2D eigenvalue weighted by molar-refractivity contribution is 0.219. The van der Waals surface area contributed by atoms with E-state index in [0.717, 1.165) is 14.6 Å². The lowest BCUT2D eigenvalue weighted by Crippen LogP contribution is -2.09. The van der Waals surface area contributed by atoms with E-state index in [-0.39, 0.29) is 17.4 Å². The molecule has 0 saturated heterocycles. The van der Waals surface area contributed by atoms with Gasteiger partial charge in [-0.15, -0.1) is 11.3 Å². The number of hydrogen-bond donors (Lipinski definition) is 0. The Morgan fingerprint density at radius 2 is 1.95 bits per heavy atom. The summed E-state index contributed by atoms with van der Waals surface area (Å²) in [7, 11) is 0. The van der Waals surface area contributed by atoms with Crippen LogP contribution in [-0.4, -0.2) is 26.0 Å². The van der Waals surface area contributed by atoms with Gasteiger partial charge in [-0.3, -0.25) is 0 Å². The maximum Gasteiger partial charge on any atom is 0.322 e. The summed E-state index contributed by atoms with van der Waals surface area (Å²) in [5.74, 6) is 0. The highest BCUT2D eigenvalue weighted by Gasteiger charge is 2.12. The van der Waals surface area contributed by atoms with E-state index in [0.29, 0.717) is 5.16 Å². The van der Waals surface area contributed by atoms with Crippen molar-refractivity contribution in [3.05, 3.63) is 29.5 Å². The number of aromatic nitrogens is 4. The molecule has 5 nitrogen and oxygen atoms in total. The number of benzene rings is 1. The van der Waals surface area contributed by atoms with Crippen LogP contribution < -0.4 is 4.74 Å². The third-order valence-corrected chi connectivity index (χ3v) is 4.49. The normalized spacial score (nSPS) is 11.2. The van der Waals surface area contributed by atoms with Gasteiger partial charge in [0.2, 0.25) is 10.4 Å². The fraction of sp³-hybridized carbons (Fsp3) is 0.231. The molecule has 8 heteroatoms. The molecule has 0 radical (unpaired) electrons. The number of thiazole rings is 1. The largest absolute Gasteiger partial charge is 0.461 e. The minimum Gasteiger partial charge on any atom is -0.461 e. The van der Waals surface area contributed by atoms with Gasteiger partial charge in [0, 0.05) is 0 Å². The zero-order valence-corrected chi connectivity index (χ0v) is 13.7. The zero-order valence-electron chi connectivity index (χ0n) is 11.3. The van der Waals surface area contributed by atoms with Crippen LogP contribution in [0.1, 0.15) is 13.8 Å². The highest BCUT2D eigenvalue weighted by Crippen LogP contribution is 2.33. The van der Waals surface area contributed by atoms with E-state index in [1.54, 1.807) is 11.3 Å². The van der Waals surface area contributed by atoms with E-state index >= 15 is 0 Å². The van der Waals surface area contributed by atoms with Gasteiger partial charge in [0.1, 0.15) is 0 Å². The molecule has 1 aromatic carbocycles. The lowest BCUT2D eigenvalue weighted by Gasteiger charge is -2.07. The third-order valence-electron chi connectivity index (χ3n) is 2.36. The molecule has 0 saturated carbocycles. The number of nitrogens with zero attached hydrogens (tertiary/aromatic N) is 4. The molecule has 0 N–H and O–H groups in total. The summed E-state index contributed by atoms with van der Waals surface area (Å²) in [6.45, 7) is 3.80. The van der Waals surface area contributed by atoms with Crippen molar-refractivity contribution in [3.8, 4) is 6.01 Å². The van der Waals surface area contributed by atoms with Crippen LogP contribution in [0.3, 0.4) is 0 Å². The van der Waals surface area contributed by atoms with Gasteiger partial charge in [0.05, 0.1) is 16.3 Å². The second-order valence-corrected chi connectivity index (χ2v) is 6.97. The molecule has 0 bridgehead atoms. The SMILES string of the molecule is CC(C)Oc1nc(Cl)nc(Sc2nc3ccccc3s2)n1. The quantitative estimate of drug-likeness (QED) is 0.714. The van der Waals surface area contributed by atoms with Crippen molar-refractivity contribution in [2.45, 2.75) is 29.4 Å². The molecule has 3 aromatic rings. The minimum absolute atomic E-state index is 0.0243. The predicted octanol–water partition coefficient (Wildman–Crippen LogP) is 4.07. The average Bonchev–Trinajstić information content (AvgIpc) is 2.78. The van der Waals surface area contributed by atoms with Gasteiger partial charge in [-0.05, 0) is 49.3 Å². The summed E-state index contributed by atoms with van der Waals surface area (Å²) in [6.07, 6.45) is -0.0243. The van der Waals surface area contributed by atoms with Crippen LogP contribution in [0.25, 0.3) is 10.2 Å². The van der Waals surface area contributed by atoms with Crippen molar-refractivity contribution < 1.29 is 4.74 Å². The van der Waals surface area contributed by atoms with Gasteiger partial charge in [0.15, 0.2) is 4.34 Å². The van der Waals surface area contributed by atoms with Crippen LogP contribution >= 0.6 is 34.7 Å². The molecule has 2 heterocycles. The molecule has 0 aliphatic rings. The maximum atomic E-state index is 5.91. The summed E-state index contributed by atoms with van der Waals surface area (Å²) in [4.78, 5) is 16.8. The Morgan fingerprint density at radius 1 is 1.14 bits per heavy atom. The van der Waals surface area contributed by atoms with Crippen LogP contribution in [0.2, 0.25) is 5.28 Å². The van der Waals surface area contributed by atoms with Crippen molar-refractivity contribution >= 4 is 44.9 Å². The Bertz CT molecular complexity index is 745. The first kappa shape index (κ1) is 14.5. The van der Waals surface area contributed by atoms with Crippen LogP contribution in [-0.2, 0) is 0 Å². The first-order chi connectivity index (χ1) is 10.1. The zero-order chi connectivity index (χ0) is 14.8. The highest BCUT2D eigenvalue weighted by atomic mass is 35.5. The van der Waals surface area contributed by atoms with Gasteiger partial charge in [-0.25, -0.2) is 4.98 Å². The van der Waals surface area contributed by atoms with Crippen molar-refractivity contribution in [1.82, 2.24) is 19.9 Å². The maximum absolute atomic E-state index is 5.91. The second kappa shape index (κ2) is 6.13. The predicted molar refractivity (Wildman–Crippen MR) is 84.3 cm³/mol. The number of halogens is 1. The topological polar surface area (TPSA) is 60.8 Å². The first-order valence-corrected chi connectivity index (χ1v) is 8.23. The Labute approximate surface area is 134 Å². The average molecular weight is 339 g/mol. The Kier molecular flexibility index (Phi) is 4.23. The van der Waals surface area contributed by atoms with Gasteiger partial charge in [-0.2, -0.15) is 15.0 Å². The monoisotopic (exact) mass is 338 g/mol. The van der Waals surface area contributed by atoms with Gasteiger partial charge >= 0.3 is 6.01 Å². The molecule has 3 rings (SSSR count). The fourth-order valence-corrected chi connectivity index (χ4v) is 3.71. The highest BCUT2D eigenvalue weighted by molar-refractivity contribution is 8.01. The van der Waals surface area contributed by atoms with E-state index in [9.17, 15) is 0 Å². The minimum atomic E-state index is -0.0243. The van der Waals surface area contributed by atoms with E-state index in [1.807, 2.05) is 38.1 Å². The van der Waals surface area contributed by atoms with Crippen molar-refractivity contribution in [2.75, 3.05) is 0 Å². The lowest BCUT2D eigenvalue weighted by atomic mass is 10.3. The van der Waals surface area contributed by atoms with E-state index in [2.05, 4.69) is 19.9 Å². The van der Waals surface area contributed by atoms with Gasteiger partial charge in [-0.1, -0.05) is 12.1 Å². The van der Waals surface area contributed by atoms with Gasteiger partial charge in [0.25, 0.3) is 0 Å². The Balaban J connectivity index is 1.88. The Morgan fingerprint density at radius 3 is 2.71 bits per heavy atom. The van der Waals surface area contributed by atoms with Crippen molar-refractivity contribution in [3.63, 3.8) is 0 Å². The summed E-state index contributed by atoms with van der Waals surface area (Å²) < 4.78 is 7.43. The van der Waals surface area contributed by atoms with E-state index in [4.69, 9.17) is 16.3 Å². The summed E-state index contributed by atoms with van der Waals surface area (Å²) in [6, 6.07) is 8.19. The number of ether oxygens (including phenoxy) is 1. The summed E-state index contributed by atoms with van der Waals surface area (Å²) >= 11 is 8.84.